The molecule has 0 aliphatic rings. The molecule has 0 N–H and O–H groups in total. The van der Waals surface area contributed by atoms with Crippen molar-refractivity contribution in [3.63, 3.8) is 0 Å². The molecule has 0 atom stereocenters. The fraction of sp³-hybridized carbons (Fsp3) is 0.250. The first-order chi connectivity index (χ1) is 11.6. The first-order valence-electron chi connectivity index (χ1n) is 8.09. The molecule has 0 bridgehead atoms. The maximum absolute atomic E-state index is 12.5. The number of benzene rings is 2. The molecule has 0 radical (unpaired) electrons. The third-order valence-corrected chi connectivity index (χ3v) is 3.98. The van der Waals surface area contributed by atoms with Gasteiger partial charge in [0.2, 0.25) is 0 Å². The summed E-state index contributed by atoms with van der Waals surface area (Å²) in [5, 5.41) is 0.934. The predicted molar refractivity (Wildman–Crippen MR) is 96.3 cm³/mol. The number of nitrogens with zero attached hydrogens (tertiary/aromatic N) is 2. The molecule has 0 spiro atoms. The van der Waals surface area contributed by atoms with Crippen molar-refractivity contribution in [2.45, 2.75) is 6.54 Å². The predicted octanol–water partition coefficient (Wildman–Crippen LogP) is 0.412. The lowest BCUT2D eigenvalue weighted by atomic mass is 10.2. The van der Waals surface area contributed by atoms with Crippen LogP contribution in [0.25, 0.3) is 10.9 Å². The van der Waals surface area contributed by atoms with Crippen LogP contribution in [0.5, 0.6) is 0 Å². The van der Waals surface area contributed by atoms with Gasteiger partial charge in [0.1, 0.15) is 6.61 Å². The Morgan fingerprint density at radius 3 is 2.44 bits per heavy atom. The summed E-state index contributed by atoms with van der Waals surface area (Å²) in [6, 6.07) is 18.2. The van der Waals surface area contributed by atoms with Crippen molar-refractivity contribution in [3.8, 4) is 0 Å². The number of hydrogen-bond acceptors (Lipinski definition) is 3. The van der Waals surface area contributed by atoms with Gasteiger partial charge in [-0.2, -0.15) is 0 Å². The molecule has 0 saturated carbocycles. The Kier molecular flexibility index (Phi) is 6.62. The molecule has 0 fully saturated rings. The van der Waals surface area contributed by atoms with Crippen LogP contribution in [0.3, 0.4) is 0 Å². The number of halogens is 1. The summed E-state index contributed by atoms with van der Waals surface area (Å²) in [4.78, 5) is 14.4. The summed E-state index contributed by atoms with van der Waals surface area (Å²) in [5.41, 5.74) is 2.87. The number of carbonyl (C=O) groups is 1. The van der Waals surface area contributed by atoms with Crippen LogP contribution in [0.4, 0.5) is 0 Å². The zero-order valence-electron chi connectivity index (χ0n) is 14.5. The number of likely N-dealkylation sites (N-methyl/N-ethyl adjacent to an activating group) is 1. The fourth-order valence-electron chi connectivity index (χ4n) is 2.72. The molecule has 3 aromatic rings. The molecule has 0 unspecified atom stereocenters. The monoisotopic (exact) mass is 357 g/mol. The van der Waals surface area contributed by atoms with Crippen LogP contribution in [0.2, 0.25) is 0 Å². The van der Waals surface area contributed by atoms with E-state index in [0.29, 0.717) is 18.7 Å². The van der Waals surface area contributed by atoms with E-state index in [9.17, 15) is 4.79 Å². The standard InChI is InChI=1S/C20H22N2O2.ClH/c1-21(2)12-13-24-20(23)18-15-22(14-16-8-4-3-5-9-16)19-11-7-6-10-17(18)19;/h3-11,15H,12-14H2,1-2H3;1H/p-1. The van der Waals surface area contributed by atoms with Crippen LogP contribution in [-0.4, -0.2) is 42.7 Å². The van der Waals surface area contributed by atoms with E-state index >= 15 is 0 Å². The van der Waals surface area contributed by atoms with Crippen molar-refractivity contribution in [2.24, 2.45) is 0 Å². The third-order valence-electron chi connectivity index (χ3n) is 3.98. The molecule has 132 valence electrons. The molecule has 0 amide bonds. The van der Waals surface area contributed by atoms with Crippen LogP contribution >= 0.6 is 0 Å². The van der Waals surface area contributed by atoms with Crippen molar-refractivity contribution in [1.29, 1.82) is 0 Å². The maximum atomic E-state index is 12.5. The molecular weight excluding hydrogens is 336 g/mol. The van der Waals surface area contributed by atoms with Gasteiger partial charge in [0, 0.05) is 30.2 Å². The SMILES string of the molecule is CN(C)CCOC(=O)c1cn(Cc2ccccc2)c2ccccc12.[Cl-]. The Bertz CT molecular complexity index is 828. The van der Waals surface area contributed by atoms with Crippen molar-refractivity contribution >= 4 is 16.9 Å². The Morgan fingerprint density at radius 1 is 1.04 bits per heavy atom. The summed E-state index contributed by atoms with van der Waals surface area (Å²) in [7, 11) is 3.92. The Morgan fingerprint density at radius 2 is 1.72 bits per heavy atom. The first kappa shape index (κ1) is 19.0. The number of fused-ring (bicyclic) bond motifs is 1. The third kappa shape index (κ3) is 4.62. The normalized spacial score (nSPS) is 10.7. The second-order valence-electron chi connectivity index (χ2n) is 6.11. The van der Waals surface area contributed by atoms with E-state index in [1.54, 1.807) is 0 Å². The van der Waals surface area contributed by atoms with Crippen molar-refractivity contribution in [3.05, 3.63) is 71.9 Å². The van der Waals surface area contributed by atoms with E-state index in [-0.39, 0.29) is 18.4 Å². The van der Waals surface area contributed by atoms with Crippen molar-refractivity contribution < 1.29 is 21.9 Å². The minimum absolute atomic E-state index is 0. The topological polar surface area (TPSA) is 34.5 Å². The van der Waals surface area contributed by atoms with Gasteiger partial charge in [0.25, 0.3) is 0 Å². The Hall–Kier alpha value is -2.30. The van der Waals surface area contributed by atoms with E-state index < -0.39 is 0 Å². The van der Waals surface area contributed by atoms with Gasteiger partial charge in [-0.3, -0.25) is 0 Å². The van der Waals surface area contributed by atoms with Gasteiger partial charge >= 0.3 is 5.97 Å². The second-order valence-corrected chi connectivity index (χ2v) is 6.11. The Labute approximate surface area is 154 Å². The zero-order valence-corrected chi connectivity index (χ0v) is 15.2. The summed E-state index contributed by atoms with van der Waals surface area (Å²) >= 11 is 0. The second kappa shape index (κ2) is 8.70. The van der Waals surface area contributed by atoms with E-state index in [1.165, 1.54) is 5.56 Å². The summed E-state index contributed by atoms with van der Waals surface area (Å²) < 4.78 is 7.52. The van der Waals surface area contributed by atoms with Gasteiger partial charge in [-0.1, -0.05) is 48.5 Å². The quantitative estimate of drug-likeness (QED) is 0.599. The number of carbonyl (C=O) groups excluding carboxylic acids is 1. The molecule has 1 heterocycles. The van der Waals surface area contributed by atoms with Crippen LogP contribution < -0.4 is 12.4 Å². The molecular formula is C20H22ClN2O2-. The molecule has 0 aliphatic heterocycles. The van der Waals surface area contributed by atoms with Crippen LogP contribution in [0.1, 0.15) is 15.9 Å². The molecule has 5 heteroatoms. The van der Waals surface area contributed by atoms with Gasteiger partial charge in [0.15, 0.2) is 0 Å². The average molecular weight is 358 g/mol. The number of aromatic nitrogens is 1. The van der Waals surface area contributed by atoms with Crippen molar-refractivity contribution in [1.82, 2.24) is 9.47 Å². The van der Waals surface area contributed by atoms with E-state index in [0.717, 1.165) is 17.4 Å². The molecule has 0 aliphatic carbocycles. The highest BCUT2D eigenvalue weighted by Crippen LogP contribution is 2.23. The van der Waals surface area contributed by atoms with E-state index in [1.807, 2.05) is 67.7 Å². The molecule has 2 aromatic carbocycles. The largest absolute Gasteiger partial charge is 1.00 e. The lowest BCUT2D eigenvalue weighted by Crippen LogP contribution is -3.00. The highest BCUT2D eigenvalue weighted by Gasteiger charge is 2.16. The summed E-state index contributed by atoms with van der Waals surface area (Å²) in [6.07, 6.45) is 1.90. The number of hydrogen-bond donors (Lipinski definition) is 0. The molecule has 1 aromatic heterocycles. The van der Waals surface area contributed by atoms with Crippen molar-refractivity contribution in [2.75, 3.05) is 27.2 Å². The molecule has 25 heavy (non-hydrogen) atoms. The van der Waals surface area contributed by atoms with Gasteiger partial charge in [0.05, 0.1) is 5.56 Å². The smallest absolute Gasteiger partial charge is 0.340 e. The Balaban J connectivity index is 0.00000225. The van der Waals surface area contributed by atoms with Gasteiger partial charge in [-0.05, 0) is 25.7 Å². The highest BCUT2D eigenvalue weighted by molar-refractivity contribution is 6.04. The summed E-state index contributed by atoms with van der Waals surface area (Å²) in [5.74, 6) is -0.264. The molecule has 0 saturated heterocycles. The van der Waals surface area contributed by atoms with E-state index in [2.05, 4.69) is 16.7 Å². The van der Waals surface area contributed by atoms with E-state index in [4.69, 9.17) is 4.74 Å². The zero-order chi connectivity index (χ0) is 16.9. The average Bonchev–Trinajstić information content (AvgIpc) is 2.94. The minimum Gasteiger partial charge on any atom is -1.00 e. The first-order valence-corrected chi connectivity index (χ1v) is 8.09. The number of ether oxygens (including phenoxy) is 1. The van der Waals surface area contributed by atoms with Gasteiger partial charge in [-0.25, -0.2) is 4.79 Å². The van der Waals surface area contributed by atoms with Gasteiger partial charge in [-0.15, -0.1) is 0 Å². The van der Waals surface area contributed by atoms with Gasteiger partial charge < -0.3 is 26.6 Å². The number of para-hydroxylation sites is 1. The lowest BCUT2D eigenvalue weighted by Gasteiger charge is -2.09. The number of rotatable bonds is 6. The lowest BCUT2D eigenvalue weighted by molar-refractivity contribution is -0.0000241. The molecule has 4 nitrogen and oxygen atoms in total. The van der Waals surface area contributed by atoms with Crippen LogP contribution in [-0.2, 0) is 11.3 Å². The number of esters is 1. The molecule has 3 rings (SSSR count). The highest BCUT2D eigenvalue weighted by atomic mass is 35.5. The summed E-state index contributed by atoms with van der Waals surface area (Å²) in [6.45, 7) is 1.84. The van der Waals surface area contributed by atoms with Crippen LogP contribution in [0, 0.1) is 0 Å². The minimum atomic E-state index is -0.264. The van der Waals surface area contributed by atoms with Crippen LogP contribution in [0.15, 0.2) is 60.8 Å². The fourth-order valence-corrected chi connectivity index (χ4v) is 2.72. The maximum Gasteiger partial charge on any atom is 0.340 e.